The van der Waals surface area contributed by atoms with Crippen LogP contribution in [0.2, 0.25) is 0 Å². The minimum Gasteiger partial charge on any atom is -0.382 e. The van der Waals surface area contributed by atoms with Gasteiger partial charge in [0.25, 0.3) is 0 Å². The largest absolute Gasteiger partial charge is 0.382 e. The van der Waals surface area contributed by atoms with E-state index in [0.29, 0.717) is 55.3 Å². The van der Waals surface area contributed by atoms with Crippen molar-refractivity contribution in [1.82, 2.24) is 4.90 Å². The lowest BCUT2D eigenvalue weighted by atomic mass is 9.57. The van der Waals surface area contributed by atoms with Crippen molar-refractivity contribution in [3.8, 4) is 0 Å². The molecule has 9 atom stereocenters. The number of piperidine rings is 1. The molecule has 0 amide bonds. The quantitative estimate of drug-likeness (QED) is 0.316. The maximum absolute atomic E-state index is 12.2. The Balaban J connectivity index is 1.20. The molecule has 0 radical (unpaired) electrons. The minimum absolute atomic E-state index is 0.0255. The van der Waals surface area contributed by atoms with E-state index in [2.05, 4.69) is 38.7 Å². The van der Waals surface area contributed by atoms with Crippen LogP contribution in [0.25, 0.3) is 0 Å². The highest BCUT2D eigenvalue weighted by atomic mass is 16.5. The third kappa shape index (κ3) is 4.48. The molecule has 2 heterocycles. The van der Waals surface area contributed by atoms with E-state index in [0.717, 1.165) is 50.8 Å². The van der Waals surface area contributed by atoms with Gasteiger partial charge in [0.05, 0.1) is 31.5 Å². The van der Waals surface area contributed by atoms with Crippen LogP contribution in [0.5, 0.6) is 0 Å². The van der Waals surface area contributed by atoms with Crippen molar-refractivity contribution in [2.75, 3.05) is 40.0 Å². The second-order valence-electron chi connectivity index (χ2n) is 14.1. The van der Waals surface area contributed by atoms with Crippen molar-refractivity contribution in [3.63, 3.8) is 0 Å². The highest BCUT2D eigenvalue weighted by Gasteiger charge is 2.59. The van der Waals surface area contributed by atoms with Gasteiger partial charge in [-0.15, -0.1) is 0 Å². The van der Waals surface area contributed by atoms with Crippen LogP contribution in [-0.4, -0.2) is 68.4 Å². The second kappa shape index (κ2) is 10.4. The lowest BCUT2D eigenvalue weighted by Crippen LogP contribution is -2.52. The molecule has 2 saturated heterocycles. The van der Waals surface area contributed by atoms with Crippen molar-refractivity contribution in [1.29, 1.82) is 0 Å². The zero-order valence-corrected chi connectivity index (χ0v) is 24.6. The van der Waals surface area contributed by atoms with E-state index in [4.69, 9.17) is 14.2 Å². The number of carbonyl (C=O) groups excluding carboxylic acids is 1. The summed E-state index contributed by atoms with van der Waals surface area (Å²) in [6.07, 6.45) is 12.6. The zero-order chi connectivity index (χ0) is 26.7. The van der Waals surface area contributed by atoms with E-state index in [1.807, 2.05) is 0 Å². The summed E-state index contributed by atoms with van der Waals surface area (Å²) in [5.74, 6) is 3.82. The van der Waals surface area contributed by atoms with Crippen LogP contribution in [-0.2, 0) is 19.0 Å². The van der Waals surface area contributed by atoms with Gasteiger partial charge in [-0.3, -0.25) is 9.69 Å². The van der Waals surface area contributed by atoms with Crippen LogP contribution in [0.3, 0.4) is 0 Å². The first-order valence-electron chi connectivity index (χ1n) is 15.6. The Morgan fingerprint density at radius 2 is 2.03 bits per heavy atom. The summed E-state index contributed by atoms with van der Waals surface area (Å²) in [6.45, 7) is 14.1. The van der Waals surface area contributed by atoms with Gasteiger partial charge in [0.1, 0.15) is 5.78 Å². The van der Waals surface area contributed by atoms with Gasteiger partial charge in [0.15, 0.2) is 0 Å². The SMILES string of the molecule is COCCOCCN1C[C@@H](C)C[C@H]2O[C@]3(CC[C@@H]4C(=C(C)C3)C[C@H]3C4CC=C4CC(=O)CC[C@@]43C)[C@H](C)[C@@H]21. The molecule has 212 valence electrons. The molecular weight excluding hydrogens is 474 g/mol. The Morgan fingerprint density at radius 1 is 1.18 bits per heavy atom. The van der Waals surface area contributed by atoms with Gasteiger partial charge >= 0.3 is 0 Å². The van der Waals surface area contributed by atoms with Gasteiger partial charge in [0.2, 0.25) is 0 Å². The van der Waals surface area contributed by atoms with Gasteiger partial charge < -0.3 is 14.2 Å². The number of hydrogen-bond donors (Lipinski definition) is 0. The molecule has 0 aromatic carbocycles. The molecule has 38 heavy (non-hydrogen) atoms. The average molecular weight is 526 g/mol. The van der Waals surface area contributed by atoms with Crippen LogP contribution < -0.4 is 0 Å². The Bertz CT molecular complexity index is 987. The highest BCUT2D eigenvalue weighted by molar-refractivity contribution is 5.82. The predicted octanol–water partition coefficient (Wildman–Crippen LogP) is 5.98. The molecule has 0 aromatic rings. The van der Waals surface area contributed by atoms with Crippen LogP contribution >= 0.6 is 0 Å². The van der Waals surface area contributed by atoms with Gasteiger partial charge in [-0.25, -0.2) is 0 Å². The standard InChI is InChI=1S/C33H51NO4/c1-21-16-30-31(34(20-21)12-13-37-15-14-36-5)23(3)33(38-30)11-9-26-27-7-6-24-17-25(35)8-10-32(24,4)29(27)18-28(26)22(2)19-33/h6,21,23,26-27,29-31H,7-20H2,1-5H3/t21-,23+,26-,27?,29-,30+,31-,32-,33-/m0/s1. The fourth-order valence-electron chi connectivity index (χ4n) is 10.1. The maximum Gasteiger partial charge on any atom is 0.136 e. The Morgan fingerprint density at radius 3 is 2.84 bits per heavy atom. The summed E-state index contributed by atoms with van der Waals surface area (Å²) in [5.41, 5.74) is 5.09. The van der Waals surface area contributed by atoms with E-state index >= 15 is 0 Å². The number of Topliss-reactive ketones (excluding diaryl/α,β-unsaturated/α-hetero) is 1. The summed E-state index contributed by atoms with van der Waals surface area (Å²) in [6, 6.07) is 0.500. The van der Waals surface area contributed by atoms with Crippen molar-refractivity contribution < 1.29 is 19.0 Å². The fraction of sp³-hybridized carbons (Fsp3) is 0.848. The van der Waals surface area contributed by atoms with Crippen molar-refractivity contribution in [2.24, 2.45) is 35.0 Å². The van der Waals surface area contributed by atoms with E-state index in [9.17, 15) is 4.79 Å². The Kier molecular flexibility index (Phi) is 7.46. The number of hydrogen-bond acceptors (Lipinski definition) is 5. The molecule has 1 spiro atoms. The molecular formula is C33H51NO4. The van der Waals surface area contributed by atoms with Crippen molar-refractivity contribution in [2.45, 2.75) is 103 Å². The van der Waals surface area contributed by atoms with Crippen LogP contribution in [0, 0.1) is 35.0 Å². The number of rotatable bonds is 6. The number of ketones is 1. The van der Waals surface area contributed by atoms with E-state index < -0.39 is 0 Å². The maximum atomic E-state index is 12.2. The normalized spacial score (nSPS) is 44.9. The van der Waals surface area contributed by atoms with Crippen molar-refractivity contribution >= 4 is 5.78 Å². The number of nitrogens with zero attached hydrogens (tertiary/aromatic N) is 1. The molecule has 2 aliphatic heterocycles. The highest BCUT2D eigenvalue weighted by Crippen LogP contribution is 2.63. The first-order chi connectivity index (χ1) is 18.3. The number of likely N-dealkylation sites (tertiary alicyclic amines) is 1. The van der Waals surface area contributed by atoms with Crippen LogP contribution in [0.1, 0.15) is 85.5 Å². The summed E-state index contributed by atoms with van der Waals surface area (Å²) in [4.78, 5) is 14.9. The average Bonchev–Trinajstić information content (AvgIpc) is 3.34. The summed E-state index contributed by atoms with van der Waals surface area (Å²) in [7, 11) is 1.73. The third-order valence-corrected chi connectivity index (χ3v) is 12.1. The van der Waals surface area contributed by atoms with Gasteiger partial charge in [-0.1, -0.05) is 43.6 Å². The first-order valence-corrected chi connectivity index (χ1v) is 15.6. The zero-order valence-electron chi connectivity index (χ0n) is 24.6. The molecule has 2 saturated carbocycles. The van der Waals surface area contributed by atoms with E-state index in [1.54, 1.807) is 18.3 Å². The summed E-state index contributed by atoms with van der Waals surface area (Å²) >= 11 is 0. The Labute approximate surface area is 230 Å². The third-order valence-electron chi connectivity index (χ3n) is 12.1. The molecule has 0 aromatic heterocycles. The smallest absolute Gasteiger partial charge is 0.136 e. The van der Waals surface area contributed by atoms with Crippen molar-refractivity contribution in [3.05, 3.63) is 22.8 Å². The van der Waals surface area contributed by atoms with Gasteiger partial charge in [0, 0.05) is 45.0 Å². The number of methoxy groups -OCH3 is 1. The van der Waals surface area contributed by atoms with E-state index in [1.165, 1.54) is 37.7 Å². The predicted molar refractivity (Wildman–Crippen MR) is 150 cm³/mol. The number of carbonyl (C=O) groups is 1. The summed E-state index contributed by atoms with van der Waals surface area (Å²) in [5, 5.41) is 0. The number of fused-ring (bicyclic) bond motifs is 6. The molecule has 6 rings (SSSR count). The molecule has 1 unspecified atom stereocenters. The second-order valence-corrected chi connectivity index (χ2v) is 14.1. The van der Waals surface area contributed by atoms with Crippen LogP contribution in [0.4, 0.5) is 0 Å². The molecule has 5 nitrogen and oxygen atoms in total. The topological polar surface area (TPSA) is 48.0 Å². The number of allylic oxidation sites excluding steroid dienone is 3. The van der Waals surface area contributed by atoms with E-state index in [-0.39, 0.29) is 11.0 Å². The van der Waals surface area contributed by atoms with Crippen LogP contribution in [0.15, 0.2) is 22.8 Å². The molecule has 6 aliphatic rings. The molecule has 4 aliphatic carbocycles. The van der Waals surface area contributed by atoms with Gasteiger partial charge in [-0.2, -0.15) is 0 Å². The molecule has 4 fully saturated rings. The Hall–Kier alpha value is -1.01. The lowest BCUT2D eigenvalue weighted by Gasteiger charge is -2.47. The minimum atomic E-state index is -0.0255. The monoisotopic (exact) mass is 525 g/mol. The molecule has 0 N–H and O–H groups in total. The first kappa shape index (κ1) is 27.2. The number of ether oxygens (including phenoxy) is 3. The molecule has 5 heteroatoms. The fourth-order valence-corrected chi connectivity index (χ4v) is 10.1. The lowest BCUT2D eigenvalue weighted by molar-refractivity contribution is -0.121. The summed E-state index contributed by atoms with van der Waals surface area (Å²) < 4.78 is 18.3. The molecule has 0 bridgehead atoms. The van der Waals surface area contributed by atoms with Gasteiger partial charge in [-0.05, 0) is 81.0 Å².